The van der Waals surface area contributed by atoms with Crippen LogP contribution in [0.25, 0.3) is 0 Å². The molecule has 1 aromatic heterocycles. The number of fused-ring (bicyclic) bond motifs is 2. The second kappa shape index (κ2) is 10.5. The van der Waals surface area contributed by atoms with Gasteiger partial charge in [-0.3, -0.25) is 9.69 Å². The third-order valence-electron chi connectivity index (χ3n) is 7.44. The minimum Gasteiger partial charge on any atom is -0.489 e. The molecule has 3 atom stereocenters. The van der Waals surface area contributed by atoms with Crippen LogP contribution in [0.3, 0.4) is 0 Å². The summed E-state index contributed by atoms with van der Waals surface area (Å²) in [5.74, 6) is 2.12. The Morgan fingerprint density at radius 3 is 3.03 bits per heavy atom. The highest BCUT2D eigenvalue weighted by Crippen LogP contribution is 2.34. The number of aromatic nitrogens is 1. The highest BCUT2D eigenvalue weighted by atomic mass is 16.6. The van der Waals surface area contributed by atoms with Crippen LogP contribution in [0.5, 0.6) is 11.5 Å². The predicted octanol–water partition coefficient (Wildman–Crippen LogP) is 1.74. The van der Waals surface area contributed by atoms with Crippen molar-refractivity contribution in [2.45, 2.75) is 37.9 Å². The van der Waals surface area contributed by atoms with Crippen molar-refractivity contribution in [1.82, 2.24) is 15.6 Å². The zero-order valence-corrected chi connectivity index (χ0v) is 21.0. The molecule has 2 saturated heterocycles. The number of nitrogens with one attached hydrogen (secondary N) is 3. The molecular formula is C27H30N6O5. The van der Waals surface area contributed by atoms with Gasteiger partial charge in [-0.05, 0) is 86.6 Å². The van der Waals surface area contributed by atoms with Crippen LogP contribution in [0, 0.1) is 17.2 Å². The topological polar surface area (TPSA) is 138 Å². The molecule has 3 N–H and O–H groups in total. The lowest BCUT2D eigenvalue weighted by molar-refractivity contribution is -0.118. The van der Waals surface area contributed by atoms with Crippen molar-refractivity contribution in [1.29, 1.82) is 5.26 Å². The maximum absolute atomic E-state index is 12.5. The number of rotatable bonds is 8. The minimum atomic E-state index is -0.452. The predicted molar refractivity (Wildman–Crippen MR) is 137 cm³/mol. The minimum absolute atomic E-state index is 0.0465. The molecule has 6 rings (SSSR count). The lowest BCUT2D eigenvalue weighted by atomic mass is 10.0. The smallest absolute Gasteiger partial charge is 0.415 e. The van der Waals surface area contributed by atoms with Gasteiger partial charge in [-0.25, -0.2) is 9.78 Å². The first kappa shape index (κ1) is 24.5. The normalized spacial score (nSPS) is 23.8. The molecule has 4 aliphatic rings. The van der Waals surface area contributed by atoms with Gasteiger partial charge in [0.05, 0.1) is 18.2 Å². The van der Waals surface area contributed by atoms with E-state index in [-0.39, 0.29) is 24.7 Å². The second-order valence-corrected chi connectivity index (χ2v) is 10.2. The number of nitrogens with zero attached hydrogens (tertiary/aromatic N) is 3. The fourth-order valence-electron chi connectivity index (χ4n) is 5.56. The monoisotopic (exact) mass is 518 g/mol. The summed E-state index contributed by atoms with van der Waals surface area (Å²) in [7, 11) is 0. The van der Waals surface area contributed by atoms with Crippen molar-refractivity contribution in [2.24, 2.45) is 5.92 Å². The standard InChI is InChI=1S/C27H30N6O5/c28-11-18-10-21(37-19-3-5-30-13-19)9-17-7-16(8-22(17)18)12-29-6-4-20-14-33(27(35)38-20)24-2-1-23-26(31-24)32-25(34)15-36-23/h1-2,9-10,16,19-20,29-30H,3-8,12-15H2,(H,31,32,34). The van der Waals surface area contributed by atoms with Gasteiger partial charge in [0, 0.05) is 6.54 Å². The van der Waals surface area contributed by atoms with E-state index in [0.29, 0.717) is 48.4 Å². The van der Waals surface area contributed by atoms with E-state index in [9.17, 15) is 14.9 Å². The third kappa shape index (κ3) is 5.10. The lowest BCUT2D eigenvalue weighted by Gasteiger charge is -2.19. The summed E-state index contributed by atoms with van der Waals surface area (Å²) in [6.45, 7) is 3.67. The number of anilines is 2. The van der Waals surface area contributed by atoms with Gasteiger partial charge in [-0.2, -0.15) is 5.26 Å². The molecule has 0 saturated carbocycles. The van der Waals surface area contributed by atoms with Gasteiger partial charge in [0.2, 0.25) is 0 Å². The number of hydrogen-bond acceptors (Lipinski definition) is 9. The van der Waals surface area contributed by atoms with E-state index < -0.39 is 6.09 Å². The van der Waals surface area contributed by atoms with E-state index in [2.05, 4.69) is 33.1 Å². The van der Waals surface area contributed by atoms with Crippen LogP contribution in [-0.2, 0) is 22.4 Å². The molecule has 38 heavy (non-hydrogen) atoms. The van der Waals surface area contributed by atoms with Gasteiger partial charge in [-0.1, -0.05) is 0 Å². The van der Waals surface area contributed by atoms with Crippen molar-refractivity contribution in [3.63, 3.8) is 0 Å². The van der Waals surface area contributed by atoms with Crippen molar-refractivity contribution >= 4 is 23.6 Å². The number of benzene rings is 1. The van der Waals surface area contributed by atoms with Crippen LogP contribution in [0.1, 0.15) is 29.5 Å². The van der Waals surface area contributed by atoms with E-state index in [1.165, 1.54) is 10.5 Å². The van der Waals surface area contributed by atoms with E-state index >= 15 is 0 Å². The zero-order valence-electron chi connectivity index (χ0n) is 21.0. The Kier molecular flexibility index (Phi) is 6.74. The highest BCUT2D eigenvalue weighted by Gasteiger charge is 2.34. The molecular weight excluding hydrogens is 488 g/mol. The first-order valence-electron chi connectivity index (χ1n) is 13.1. The van der Waals surface area contributed by atoms with Crippen LogP contribution in [0.15, 0.2) is 24.3 Å². The van der Waals surface area contributed by atoms with E-state index in [4.69, 9.17) is 14.2 Å². The number of amides is 2. The van der Waals surface area contributed by atoms with E-state index in [1.54, 1.807) is 12.1 Å². The van der Waals surface area contributed by atoms with Crippen molar-refractivity contribution in [3.05, 3.63) is 41.0 Å². The molecule has 0 radical (unpaired) electrons. The molecule has 2 amide bonds. The molecule has 0 spiro atoms. The van der Waals surface area contributed by atoms with Gasteiger partial charge in [0.25, 0.3) is 5.91 Å². The zero-order chi connectivity index (χ0) is 26.1. The Labute approximate surface area is 220 Å². The summed E-state index contributed by atoms with van der Waals surface area (Å²) < 4.78 is 17.0. The summed E-state index contributed by atoms with van der Waals surface area (Å²) in [6.07, 6.45) is 2.89. The summed E-state index contributed by atoms with van der Waals surface area (Å²) >= 11 is 0. The molecule has 11 nitrogen and oxygen atoms in total. The summed E-state index contributed by atoms with van der Waals surface area (Å²) in [6, 6.07) is 9.72. The Morgan fingerprint density at radius 1 is 1.26 bits per heavy atom. The fourth-order valence-corrected chi connectivity index (χ4v) is 5.56. The molecule has 2 aromatic rings. The lowest BCUT2D eigenvalue weighted by Crippen LogP contribution is -2.30. The molecule has 11 heteroatoms. The number of hydrogen-bond donors (Lipinski definition) is 3. The van der Waals surface area contributed by atoms with Gasteiger partial charge in [0.15, 0.2) is 18.2 Å². The second-order valence-electron chi connectivity index (χ2n) is 10.2. The molecule has 4 heterocycles. The molecule has 0 bridgehead atoms. The first-order valence-corrected chi connectivity index (χ1v) is 13.1. The van der Waals surface area contributed by atoms with Crippen LogP contribution in [0.4, 0.5) is 16.4 Å². The molecule has 3 unspecified atom stereocenters. The average molecular weight is 519 g/mol. The largest absolute Gasteiger partial charge is 0.489 e. The maximum atomic E-state index is 12.5. The molecule has 2 fully saturated rings. The number of carbonyl (C=O) groups is 2. The number of carbonyl (C=O) groups excluding carboxylic acids is 2. The van der Waals surface area contributed by atoms with Crippen molar-refractivity contribution in [3.8, 4) is 17.6 Å². The Hall–Kier alpha value is -3.88. The maximum Gasteiger partial charge on any atom is 0.415 e. The van der Waals surface area contributed by atoms with E-state index in [1.807, 2.05) is 6.07 Å². The Balaban J connectivity index is 0.983. The van der Waals surface area contributed by atoms with Crippen LogP contribution < -0.4 is 30.3 Å². The first-order chi connectivity index (χ1) is 18.6. The Morgan fingerprint density at radius 2 is 2.18 bits per heavy atom. The van der Waals surface area contributed by atoms with Gasteiger partial charge in [0.1, 0.15) is 23.8 Å². The van der Waals surface area contributed by atoms with Gasteiger partial charge < -0.3 is 30.2 Å². The molecule has 3 aliphatic heterocycles. The summed E-state index contributed by atoms with van der Waals surface area (Å²) in [4.78, 5) is 29.9. The molecule has 1 aromatic carbocycles. The summed E-state index contributed by atoms with van der Waals surface area (Å²) in [5.41, 5.74) is 3.05. The van der Waals surface area contributed by atoms with Gasteiger partial charge >= 0.3 is 6.09 Å². The summed E-state index contributed by atoms with van der Waals surface area (Å²) in [5, 5.41) is 19.2. The quantitative estimate of drug-likeness (QED) is 0.446. The highest BCUT2D eigenvalue weighted by molar-refractivity contribution is 5.95. The molecule has 1 aliphatic carbocycles. The average Bonchev–Trinajstić information content (AvgIpc) is 3.66. The van der Waals surface area contributed by atoms with Crippen LogP contribution in [0.2, 0.25) is 0 Å². The third-order valence-corrected chi connectivity index (χ3v) is 7.44. The van der Waals surface area contributed by atoms with Crippen molar-refractivity contribution in [2.75, 3.05) is 49.5 Å². The number of pyridine rings is 1. The number of cyclic esters (lactones) is 1. The number of ether oxygens (including phenoxy) is 3. The fraction of sp³-hybridized carbons (Fsp3) is 0.481. The van der Waals surface area contributed by atoms with Crippen molar-refractivity contribution < 1.29 is 23.8 Å². The van der Waals surface area contributed by atoms with Crippen LogP contribution >= 0.6 is 0 Å². The van der Waals surface area contributed by atoms with E-state index in [0.717, 1.165) is 50.2 Å². The number of nitriles is 1. The SMILES string of the molecule is N#Cc1cc(OC2CCNC2)cc2c1CC(CNCCC1CN(c3ccc4c(n3)NC(=O)CO4)C(=O)O1)C2. The van der Waals surface area contributed by atoms with Crippen LogP contribution in [-0.4, -0.2) is 68.5 Å². The van der Waals surface area contributed by atoms with Gasteiger partial charge in [-0.15, -0.1) is 0 Å². The Bertz CT molecular complexity index is 1290. The molecule has 198 valence electrons.